The number of hydrogen-bond donors (Lipinski definition) is 3. The van der Waals surface area contributed by atoms with Gasteiger partial charge in [0.2, 0.25) is 0 Å². The molecule has 0 saturated heterocycles. The van der Waals surface area contributed by atoms with Crippen LogP contribution in [0.15, 0.2) is 24.3 Å². The van der Waals surface area contributed by atoms with Crippen LogP contribution < -0.4 is 5.32 Å². The van der Waals surface area contributed by atoms with Gasteiger partial charge < -0.3 is 10.2 Å². The van der Waals surface area contributed by atoms with Crippen molar-refractivity contribution in [2.75, 3.05) is 0 Å². The van der Waals surface area contributed by atoms with Crippen LogP contribution in [0.1, 0.15) is 24.3 Å². The van der Waals surface area contributed by atoms with E-state index < -0.39 is 18.2 Å². The van der Waals surface area contributed by atoms with E-state index in [1.165, 1.54) is 6.92 Å². The third-order valence-electron chi connectivity index (χ3n) is 2.17. The number of rotatable bonds is 4. The van der Waals surface area contributed by atoms with E-state index in [0.29, 0.717) is 5.56 Å². The summed E-state index contributed by atoms with van der Waals surface area (Å²) < 4.78 is 0. The molecular formula is C11H15NO3. The SMILES string of the molecule is Cc1ccc(C(O)NC(C)C(=O)O)cc1. The minimum atomic E-state index is -0.985. The van der Waals surface area contributed by atoms with Crippen molar-refractivity contribution in [1.29, 1.82) is 0 Å². The summed E-state index contributed by atoms with van der Waals surface area (Å²) in [4.78, 5) is 10.5. The Morgan fingerprint density at radius 3 is 2.33 bits per heavy atom. The van der Waals surface area contributed by atoms with Gasteiger partial charge >= 0.3 is 5.97 Å². The molecule has 0 saturated carbocycles. The van der Waals surface area contributed by atoms with E-state index >= 15 is 0 Å². The lowest BCUT2D eigenvalue weighted by Gasteiger charge is -2.16. The van der Waals surface area contributed by atoms with E-state index in [1.54, 1.807) is 12.1 Å². The van der Waals surface area contributed by atoms with Gasteiger partial charge in [0.15, 0.2) is 0 Å². The maximum absolute atomic E-state index is 10.5. The lowest BCUT2D eigenvalue weighted by molar-refractivity contribution is -0.140. The van der Waals surface area contributed by atoms with E-state index in [-0.39, 0.29) is 0 Å². The molecule has 1 aromatic carbocycles. The third-order valence-corrected chi connectivity index (χ3v) is 2.17. The van der Waals surface area contributed by atoms with E-state index in [0.717, 1.165) is 5.56 Å². The quantitative estimate of drug-likeness (QED) is 0.648. The highest BCUT2D eigenvalue weighted by Crippen LogP contribution is 2.11. The monoisotopic (exact) mass is 209 g/mol. The van der Waals surface area contributed by atoms with Gasteiger partial charge in [-0.3, -0.25) is 10.1 Å². The summed E-state index contributed by atoms with van der Waals surface area (Å²) in [5, 5.41) is 20.9. The van der Waals surface area contributed by atoms with Crippen molar-refractivity contribution in [2.45, 2.75) is 26.1 Å². The molecule has 0 aliphatic rings. The fraction of sp³-hybridized carbons (Fsp3) is 0.364. The Labute approximate surface area is 88.6 Å². The van der Waals surface area contributed by atoms with Gasteiger partial charge in [0.05, 0.1) is 0 Å². The predicted octanol–water partition coefficient (Wildman–Crippen LogP) is 1.05. The van der Waals surface area contributed by atoms with Crippen LogP contribution in [0.3, 0.4) is 0 Å². The Hall–Kier alpha value is -1.39. The standard InChI is InChI=1S/C11H15NO3/c1-7-3-5-9(6-4-7)10(13)12-8(2)11(14)15/h3-6,8,10,12-13H,1-2H3,(H,14,15). The normalized spacial score (nSPS) is 14.6. The fourth-order valence-electron chi connectivity index (χ4n) is 1.15. The Bertz CT molecular complexity index is 334. The average molecular weight is 209 g/mol. The number of aliphatic hydroxyl groups is 1. The maximum Gasteiger partial charge on any atom is 0.320 e. The predicted molar refractivity (Wildman–Crippen MR) is 56.4 cm³/mol. The highest BCUT2D eigenvalue weighted by molar-refractivity contribution is 5.72. The van der Waals surface area contributed by atoms with Crippen LogP contribution >= 0.6 is 0 Å². The first-order chi connectivity index (χ1) is 7.00. The Morgan fingerprint density at radius 2 is 1.87 bits per heavy atom. The molecule has 0 spiro atoms. The minimum Gasteiger partial charge on any atom is -0.480 e. The molecule has 2 unspecified atom stereocenters. The Balaban J connectivity index is 2.64. The topological polar surface area (TPSA) is 69.6 Å². The van der Waals surface area contributed by atoms with Gasteiger partial charge in [-0.1, -0.05) is 29.8 Å². The number of nitrogens with one attached hydrogen (secondary N) is 1. The van der Waals surface area contributed by atoms with Crippen LogP contribution in [0.5, 0.6) is 0 Å². The summed E-state index contributed by atoms with van der Waals surface area (Å²) >= 11 is 0. The lowest BCUT2D eigenvalue weighted by Crippen LogP contribution is -2.36. The molecule has 0 heterocycles. The molecule has 0 fully saturated rings. The smallest absolute Gasteiger partial charge is 0.320 e. The van der Waals surface area contributed by atoms with Crippen LogP contribution in [0.4, 0.5) is 0 Å². The molecule has 0 bridgehead atoms. The molecule has 82 valence electrons. The molecule has 4 nitrogen and oxygen atoms in total. The first kappa shape index (κ1) is 11.7. The molecule has 1 rings (SSSR count). The number of aliphatic carboxylic acids is 1. The second kappa shape index (κ2) is 4.91. The van der Waals surface area contributed by atoms with Crippen molar-refractivity contribution in [2.24, 2.45) is 0 Å². The van der Waals surface area contributed by atoms with E-state index in [2.05, 4.69) is 5.32 Å². The lowest BCUT2D eigenvalue weighted by atomic mass is 10.1. The number of benzene rings is 1. The van der Waals surface area contributed by atoms with Crippen LogP contribution in [0.25, 0.3) is 0 Å². The molecule has 1 aromatic rings. The summed E-state index contributed by atoms with van der Waals surface area (Å²) in [6.07, 6.45) is -0.948. The summed E-state index contributed by atoms with van der Waals surface area (Å²) in [6, 6.07) is 6.49. The molecular weight excluding hydrogens is 194 g/mol. The zero-order valence-corrected chi connectivity index (χ0v) is 8.77. The summed E-state index contributed by atoms with van der Waals surface area (Å²) in [5.41, 5.74) is 1.76. The minimum absolute atomic E-state index is 0.661. The van der Waals surface area contributed by atoms with Gasteiger partial charge in [0, 0.05) is 0 Å². The zero-order valence-electron chi connectivity index (χ0n) is 8.77. The van der Waals surface area contributed by atoms with Gasteiger partial charge in [0.1, 0.15) is 12.3 Å². The number of hydrogen-bond acceptors (Lipinski definition) is 3. The molecule has 0 amide bonds. The Morgan fingerprint density at radius 1 is 1.33 bits per heavy atom. The molecule has 0 aromatic heterocycles. The largest absolute Gasteiger partial charge is 0.480 e. The maximum atomic E-state index is 10.5. The molecule has 2 atom stereocenters. The number of carbonyl (C=O) groups is 1. The van der Waals surface area contributed by atoms with Crippen molar-refractivity contribution < 1.29 is 15.0 Å². The summed E-state index contributed by atoms with van der Waals surface area (Å²) in [5.74, 6) is -0.985. The van der Waals surface area contributed by atoms with E-state index in [1.807, 2.05) is 19.1 Å². The van der Waals surface area contributed by atoms with E-state index in [4.69, 9.17) is 5.11 Å². The fourth-order valence-corrected chi connectivity index (χ4v) is 1.15. The van der Waals surface area contributed by atoms with Crippen LogP contribution in [0.2, 0.25) is 0 Å². The van der Waals surface area contributed by atoms with Crippen molar-refractivity contribution in [3.05, 3.63) is 35.4 Å². The molecule has 4 heteroatoms. The summed E-state index contributed by atoms with van der Waals surface area (Å²) in [7, 11) is 0. The van der Waals surface area contributed by atoms with Gasteiger partial charge in [-0.05, 0) is 19.4 Å². The van der Waals surface area contributed by atoms with Crippen molar-refractivity contribution >= 4 is 5.97 Å². The van der Waals surface area contributed by atoms with E-state index in [9.17, 15) is 9.90 Å². The molecule has 3 N–H and O–H groups in total. The van der Waals surface area contributed by atoms with Gasteiger partial charge in [-0.15, -0.1) is 0 Å². The zero-order chi connectivity index (χ0) is 11.4. The third kappa shape index (κ3) is 3.34. The number of carboxylic acid groups (broad SMARTS) is 1. The first-order valence-corrected chi connectivity index (χ1v) is 4.74. The van der Waals surface area contributed by atoms with Crippen LogP contribution in [-0.4, -0.2) is 22.2 Å². The van der Waals surface area contributed by atoms with Crippen molar-refractivity contribution in [3.8, 4) is 0 Å². The Kier molecular flexibility index (Phi) is 3.82. The molecule has 0 aliphatic carbocycles. The second-order valence-electron chi connectivity index (χ2n) is 3.54. The number of aryl methyl sites for hydroxylation is 1. The van der Waals surface area contributed by atoms with Crippen molar-refractivity contribution in [1.82, 2.24) is 5.32 Å². The summed E-state index contributed by atoms with van der Waals surface area (Å²) in [6.45, 7) is 3.43. The first-order valence-electron chi connectivity index (χ1n) is 4.74. The average Bonchev–Trinajstić information content (AvgIpc) is 2.18. The molecule has 15 heavy (non-hydrogen) atoms. The number of aliphatic hydroxyl groups excluding tert-OH is 1. The molecule has 0 aliphatic heterocycles. The number of carboxylic acids is 1. The van der Waals surface area contributed by atoms with Crippen LogP contribution in [-0.2, 0) is 4.79 Å². The van der Waals surface area contributed by atoms with Gasteiger partial charge in [-0.2, -0.15) is 0 Å². The highest BCUT2D eigenvalue weighted by atomic mass is 16.4. The highest BCUT2D eigenvalue weighted by Gasteiger charge is 2.15. The van der Waals surface area contributed by atoms with Crippen LogP contribution in [0, 0.1) is 6.92 Å². The second-order valence-corrected chi connectivity index (χ2v) is 3.54. The van der Waals surface area contributed by atoms with Gasteiger partial charge in [-0.25, -0.2) is 0 Å². The van der Waals surface area contributed by atoms with Gasteiger partial charge in [0.25, 0.3) is 0 Å². The van der Waals surface area contributed by atoms with Crippen molar-refractivity contribution in [3.63, 3.8) is 0 Å². The molecule has 0 radical (unpaired) electrons.